The summed E-state index contributed by atoms with van der Waals surface area (Å²) in [6, 6.07) is 3.40. The molecular formula is C18H19N3O6S. The van der Waals surface area contributed by atoms with E-state index in [0.29, 0.717) is 24.9 Å². The van der Waals surface area contributed by atoms with Gasteiger partial charge in [0.2, 0.25) is 5.91 Å². The average Bonchev–Trinajstić information content (AvgIpc) is 2.87. The first-order valence-corrected chi connectivity index (χ1v) is 9.69. The molecular weight excluding hydrogens is 386 g/mol. The van der Waals surface area contributed by atoms with Crippen molar-refractivity contribution in [3.63, 3.8) is 0 Å². The summed E-state index contributed by atoms with van der Waals surface area (Å²) < 4.78 is 0. The molecule has 10 heteroatoms. The Morgan fingerprint density at radius 1 is 1.21 bits per heavy atom. The quantitative estimate of drug-likeness (QED) is 0.464. The second-order valence-electron chi connectivity index (χ2n) is 6.56. The van der Waals surface area contributed by atoms with Crippen LogP contribution in [0.15, 0.2) is 23.1 Å². The summed E-state index contributed by atoms with van der Waals surface area (Å²) in [5, 5.41) is 20.2. The number of rotatable bonds is 4. The van der Waals surface area contributed by atoms with Gasteiger partial charge in [-0.1, -0.05) is 12.8 Å². The van der Waals surface area contributed by atoms with E-state index in [1.54, 1.807) is 4.90 Å². The molecule has 2 aliphatic rings. The summed E-state index contributed by atoms with van der Waals surface area (Å²) in [5.41, 5.74) is -0.196. The van der Waals surface area contributed by atoms with Crippen LogP contribution in [0, 0.1) is 10.1 Å². The van der Waals surface area contributed by atoms with Crippen LogP contribution in [0.2, 0.25) is 0 Å². The number of non-ortho nitro benzene ring substituents is 1. The number of likely N-dealkylation sites (tertiary alicyclic amines) is 1. The van der Waals surface area contributed by atoms with Gasteiger partial charge in [-0.15, -0.1) is 0 Å². The van der Waals surface area contributed by atoms with E-state index >= 15 is 0 Å². The third-order valence-electron chi connectivity index (χ3n) is 4.63. The number of imide groups is 1. The third-order valence-corrected chi connectivity index (χ3v) is 5.54. The summed E-state index contributed by atoms with van der Waals surface area (Å²) >= 11 is 0.639. The minimum atomic E-state index is -0.649. The molecule has 1 N–H and O–H groups in total. The first-order valence-electron chi connectivity index (χ1n) is 8.87. The summed E-state index contributed by atoms with van der Waals surface area (Å²) in [5.74, 6) is -1.18. The van der Waals surface area contributed by atoms with E-state index in [0.717, 1.165) is 48.8 Å². The molecule has 0 atom stereocenters. The van der Waals surface area contributed by atoms with Gasteiger partial charge >= 0.3 is 0 Å². The molecule has 0 saturated carbocycles. The van der Waals surface area contributed by atoms with Crippen molar-refractivity contribution in [3.8, 4) is 5.75 Å². The number of hydrogen-bond acceptors (Lipinski definition) is 7. The van der Waals surface area contributed by atoms with Gasteiger partial charge in [0, 0.05) is 30.8 Å². The highest BCUT2D eigenvalue weighted by atomic mass is 32.2. The highest BCUT2D eigenvalue weighted by Gasteiger charge is 2.37. The summed E-state index contributed by atoms with van der Waals surface area (Å²) in [7, 11) is 0. The van der Waals surface area contributed by atoms with Crippen LogP contribution in [0.5, 0.6) is 5.75 Å². The maximum Gasteiger partial charge on any atom is 0.294 e. The van der Waals surface area contributed by atoms with E-state index in [1.807, 2.05) is 0 Å². The lowest BCUT2D eigenvalue weighted by molar-refractivity contribution is -0.384. The molecule has 0 radical (unpaired) electrons. The monoisotopic (exact) mass is 405 g/mol. The smallest absolute Gasteiger partial charge is 0.294 e. The molecule has 2 fully saturated rings. The second-order valence-corrected chi connectivity index (χ2v) is 7.56. The van der Waals surface area contributed by atoms with E-state index in [-0.39, 0.29) is 34.4 Å². The van der Waals surface area contributed by atoms with Crippen molar-refractivity contribution in [3.05, 3.63) is 38.8 Å². The Labute approximate surface area is 165 Å². The average molecular weight is 405 g/mol. The van der Waals surface area contributed by atoms with E-state index < -0.39 is 16.1 Å². The van der Waals surface area contributed by atoms with Gasteiger partial charge in [-0.3, -0.25) is 29.4 Å². The summed E-state index contributed by atoms with van der Waals surface area (Å²) in [4.78, 5) is 50.1. The Hall–Kier alpha value is -2.88. The number of amides is 3. The molecule has 2 heterocycles. The standard InChI is InChI=1S/C18H19N3O6S/c22-14-6-5-13(21(26)27)9-12(14)10-15-17(24)20(18(25)28-15)11-16(23)19-7-3-1-2-4-8-19/h5-6,9-10,22H,1-4,7-8,11H2. The third kappa shape index (κ3) is 4.33. The molecule has 9 nitrogen and oxygen atoms in total. The number of hydrogen-bond donors (Lipinski definition) is 1. The molecule has 148 valence electrons. The van der Waals surface area contributed by atoms with Crippen LogP contribution >= 0.6 is 11.8 Å². The molecule has 0 spiro atoms. The molecule has 1 aromatic rings. The molecule has 2 saturated heterocycles. The zero-order valence-corrected chi connectivity index (χ0v) is 15.8. The van der Waals surface area contributed by atoms with Gasteiger partial charge in [-0.05, 0) is 36.7 Å². The van der Waals surface area contributed by atoms with Crippen LogP contribution in [-0.4, -0.2) is 56.5 Å². The van der Waals surface area contributed by atoms with E-state index in [4.69, 9.17) is 0 Å². The van der Waals surface area contributed by atoms with Crippen LogP contribution in [0.3, 0.4) is 0 Å². The molecule has 2 aliphatic heterocycles. The number of nitro groups is 1. The first-order chi connectivity index (χ1) is 13.4. The molecule has 3 rings (SSSR count). The normalized spacial score (nSPS) is 19.2. The zero-order chi connectivity index (χ0) is 20.3. The summed E-state index contributed by atoms with van der Waals surface area (Å²) in [6.07, 6.45) is 5.14. The molecule has 0 unspecified atom stereocenters. The van der Waals surface area contributed by atoms with Crippen LogP contribution in [0.1, 0.15) is 31.2 Å². The van der Waals surface area contributed by atoms with Crippen molar-refractivity contribution >= 4 is 40.6 Å². The van der Waals surface area contributed by atoms with Crippen LogP contribution in [-0.2, 0) is 9.59 Å². The SMILES string of the molecule is O=C(CN1C(=O)SC(=Cc2cc([N+](=O)[O-])ccc2O)C1=O)N1CCCCCC1. The molecule has 0 aliphatic carbocycles. The lowest BCUT2D eigenvalue weighted by Crippen LogP contribution is -2.42. The molecule has 0 bridgehead atoms. The predicted molar refractivity (Wildman–Crippen MR) is 102 cm³/mol. The van der Waals surface area contributed by atoms with E-state index in [2.05, 4.69) is 0 Å². The topological polar surface area (TPSA) is 121 Å². The lowest BCUT2D eigenvalue weighted by atomic mass is 10.1. The number of phenols is 1. The number of nitro benzene ring substituents is 1. The van der Waals surface area contributed by atoms with Crippen molar-refractivity contribution in [2.75, 3.05) is 19.6 Å². The maximum absolute atomic E-state index is 12.6. The highest BCUT2D eigenvalue weighted by Crippen LogP contribution is 2.34. The number of phenolic OH excluding ortho intramolecular Hbond substituents is 1. The van der Waals surface area contributed by atoms with Crippen molar-refractivity contribution in [1.29, 1.82) is 0 Å². The van der Waals surface area contributed by atoms with Gasteiger partial charge in [0.1, 0.15) is 12.3 Å². The number of benzene rings is 1. The van der Waals surface area contributed by atoms with Gasteiger partial charge in [0.25, 0.3) is 16.8 Å². The fourth-order valence-electron chi connectivity index (χ4n) is 3.10. The number of carbonyl (C=O) groups excluding carboxylic acids is 3. The Kier molecular flexibility index (Phi) is 5.98. The molecule has 1 aromatic carbocycles. The van der Waals surface area contributed by atoms with E-state index in [1.165, 1.54) is 6.08 Å². The first kappa shape index (κ1) is 19.9. The fourth-order valence-corrected chi connectivity index (χ4v) is 3.93. The van der Waals surface area contributed by atoms with Gasteiger partial charge in [-0.2, -0.15) is 0 Å². The number of nitrogens with zero attached hydrogens (tertiary/aromatic N) is 3. The number of aromatic hydroxyl groups is 1. The molecule has 28 heavy (non-hydrogen) atoms. The Morgan fingerprint density at radius 2 is 1.89 bits per heavy atom. The minimum Gasteiger partial charge on any atom is -0.507 e. The Balaban J connectivity index is 1.76. The molecule has 3 amide bonds. The van der Waals surface area contributed by atoms with Crippen molar-refractivity contribution in [1.82, 2.24) is 9.80 Å². The number of thioether (sulfide) groups is 1. The van der Waals surface area contributed by atoms with Crippen LogP contribution in [0.25, 0.3) is 6.08 Å². The lowest BCUT2D eigenvalue weighted by Gasteiger charge is -2.22. The Bertz CT molecular complexity index is 861. The van der Waals surface area contributed by atoms with Crippen LogP contribution < -0.4 is 0 Å². The second kappa shape index (κ2) is 8.42. The van der Waals surface area contributed by atoms with Gasteiger partial charge in [0.15, 0.2) is 0 Å². The van der Waals surface area contributed by atoms with Gasteiger partial charge in [0.05, 0.1) is 9.83 Å². The maximum atomic E-state index is 12.6. The highest BCUT2D eigenvalue weighted by molar-refractivity contribution is 8.18. The minimum absolute atomic E-state index is 0.00413. The van der Waals surface area contributed by atoms with E-state index in [9.17, 15) is 29.6 Å². The fraction of sp³-hybridized carbons (Fsp3) is 0.389. The van der Waals surface area contributed by atoms with Crippen molar-refractivity contribution < 1.29 is 24.4 Å². The Morgan fingerprint density at radius 3 is 2.54 bits per heavy atom. The zero-order valence-electron chi connectivity index (χ0n) is 15.0. The van der Waals surface area contributed by atoms with Crippen molar-refractivity contribution in [2.45, 2.75) is 25.7 Å². The number of carbonyl (C=O) groups is 3. The van der Waals surface area contributed by atoms with Gasteiger partial charge in [-0.25, -0.2) is 0 Å². The largest absolute Gasteiger partial charge is 0.507 e. The van der Waals surface area contributed by atoms with Gasteiger partial charge < -0.3 is 10.0 Å². The summed E-state index contributed by atoms with van der Waals surface area (Å²) in [6.45, 7) is 0.905. The predicted octanol–water partition coefficient (Wildman–Crippen LogP) is 2.74. The van der Waals surface area contributed by atoms with Crippen molar-refractivity contribution in [2.24, 2.45) is 0 Å². The van der Waals surface area contributed by atoms with Crippen LogP contribution in [0.4, 0.5) is 10.5 Å². The molecule has 0 aromatic heterocycles.